The molecule has 0 spiro atoms. The number of hydrogen-bond donors (Lipinski definition) is 0. The monoisotopic (exact) mass is 361 g/mol. The lowest BCUT2D eigenvalue weighted by Gasteiger charge is -2.18. The number of carbonyl (C=O) groups excluding carboxylic acids is 1. The largest absolute Gasteiger partial charge is 0.494 e. The van der Waals surface area contributed by atoms with E-state index >= 15 is 0 Å². The van der Waals surface area contributed by atoms with Gasteiger partial charge >= 0.3 is 0 Å². The van der Waals surface area contributed by atoms with E-state index in [9.17, 15) is 9.18 Å². The molecule has 0 radical (unpaired) electrons. The molecule has 1 atom stereocenters. The van der Waals surface area contributed by atoms with Crippen molar-refractivity contribution in [3.8, 4) is 5.75 Å². The Morgan fingerprint density at radius 2 is 2.19 bits per heavy atom. The lowest BCUT2D eigenvalue weighted by atomic mass is 10.1. The Hall–Kier alpha value is -2.41. The van der Waals surface area contributed by atoms with E-state index in [2.05, 4.69) is 9.55 Å². The number of hydrogen-bond acceptors (Lipinski definition) is 4. The highest BCUT2D eigenvalue weighted by molar-refractivity contribution is 5.94. The number of amides is 1. The number of imidazole rings is 1. The van der Waals surface area contributed by atoms with Crippen LogP contribution >= 0.6 is 0 Å². The first-order chi connectivity index (χ1) is 12.5. The van der Waals surface area contributed by atoms with Crippen molar-refractivity contribution >= 4 is 5.91 Å². The van der Waals surface area contributed by atoms with Crippen molar-refractivity contribution in [2.45, 2.75) is 25.8 Å². The first-order valence-corrected chi connectivity index (χ1v) is 8.69. The molecular weight excluding hydrogens is 337 g/mol. The van der Waals surface area contributed by atoms with Crippen LogP contribution in [-0.4, -0.2) is 54.3 Å². The number of benzene rings is 1. The maximum atomic E-state index is 13.9. The average molecular weight is 361 g/mol. The van der Waals surface area contributed by atoms with Crippen LogP contribution in [0, 0.1) is 12.7 Å². The van der Waals surface area contributed by atoms with Gasteiger partial charge in [0.1, 0.15) is 5.82 Å². The van der Waals surface area contributed by atoms with Crippen molar-refractivity contribution < 1.29 is 18.7 Å². The molecule has 1 aromatic carbocycles. The maximum Gasteiger partial charge on any atom is 0.253 e. The number of likely N-dealkylation sites (tertiary alicyclic amines) is 1. The molecular formula is C19H24FN3O3. The molecule has 0 aliphatic carbocycles. The zero-order valence-corrected chi connectivity index (χ0v) is 15.4. The lowest BCUT2D eigenvalue weighted by molar-refractivity contribution is 0.0789. The fourth-order valence-corrected chi connectivity index (χ4v) is 3.42. The van der Waals surface area contributed by atoms with Gasteiger partial charge in [-0.05, 0) is 31.5 Å². The zero-order chi connectivity index (χ0) is 18.7. The Balaban J connectivity index is 1.72. The highest BCUT2D eigenvalue weighted by Crippen LogP contribution is 2.29. The minimum Gasteiger partial charge on any atom is -0.494 e. The van der Waals surface area contributed by atoms with Gasteiger partial charge in [0.2, 0.25) is 0 Å². The topological polar surface area (TPSA) is 56.6 Å². The van der Waals surface area contributed by atoms with Gasteiger partial charge in [0, 0.05) is 50.1 Å². The quantitative estimate of drug-likeness (QED) is 0.794. The number of aryl methyl sites for hydroxylation is 1. The smallest absolute Gasteiger partial charge is 0.253 e. The molecule has 1 fully saturated rings. The molecule has 6 nitrogen and oxygen atoms in total. The summed E-state index contributed by atoms with van der Waals surface area (Å²) in [5.74, 6) is 0.598. The van der Waals surface area contributed by atoms with E-state index in [1.165, 1.54) is 19.2 Å². The van der Waals surface area contributed by atoms with E-state index in [4.69, 9.17) is 9.47 Å². The van der Waals surface area contributed by atoms with Gasteiger partial charge in [-0.25, -0.2) is 9.37 Å². The Bertz CT molecular complexity index is 790. The summed E-state index contributed by atoms with van der Waals surface area (Å²) in [6.07, 6.45) is 2.70. The summed E-state index contributed by atoms with van der Waals surface area (Å²) >= 11 is 0. The SMILES string of the molecule is COCCn1c(C)cnc1[C@H]1CCN(C(=O)c2ccc(OC)c(F)c2)C1. The van der Waals surface area contributed by atoms with Crippen LogP contribution < -0.4 is 4.74 Å². The molecule has 1 aliphatic rings. The molecule has 7 heteroatoms. The van der Waals surface area contributed by atoms with E-state index in [0.29, 0.717) is 25.3 Å². The van der Waals surface area contributed by atoms with Crippen molar-refractivity contribution in [1.82, 2.24) is 14.5 Å². The molecule has 1 amide bonds. The number of methoxy groups -OCH3 is 2. The second kappa shape index (κ2) is 7.86. The third-order valence-electron chi connectivity index (χ3n) is 4.84. The predicted octanol–water partition coefficient (Wildman–Crippen LogP) is 2.62. The summed E-state index contributed by atoms with van der Waals surface area (Å²) < 4.78 is 26.1. The third-order valence-corrected chi connectivity index (χ3v) is 4.84. The van der Waals surface area contributed by atoms with Crippen molar-refractivity contribution in [3.05, 3.63) is 47.3 Å². The van der Waals surface area contributed by atoms with Gasteiger partial charge in [-0.3, -0.25) is 4.79 Å². The summed E-state index contributed by atoms with van der Waals surface area (Å²) in [5.41, 5.74) is 1.42. The first-order valence-electron chi connectivity index (χ1n) is 8.69. The number of rotatable bonds is 6. The summed E-state index contributed by atoms with van der Waals surface area (Å²) in [4.78, 5) is 19.0. The number of carbonyl (C=O) groups is 1. The molecule has 2 aromatic rings. The van der Waals surface area contributed by atoms with Crippen LogP contribution in [0.3, 0.4) is 0 Å². The van der Waals surface area contributed by atoms with E-state index in [1.807, 2.05) is 13.1 Å². The lowest BCUT2D eigenvalue weighted by Crippen LogP contribution is -2.29. The summed E-state index contributed by atoms with van der Waals surface area (Å²) in [5, 5.41) is 0. The molecule has 0 unspecified atom stereocenters. The van der Waals surface area contributed by atoms with Gasteiger partial charge in [-0.1, -0.05) is 0 Å². The molecule has 1 saturated heterocycles. The van der Waals surface area contributed by atoms with Crippen LogP contribution in [0.5, 0.6) is 5.75 Å². The van der Waals surface area contributed by atoms with Gasteiger partial charge in [-0.2, -0.15) is 0 Å². The summed E-state index contributed by atoms with van der Waals surface area (Å²) in [6, 6.07) is 4.32. The third kappa shape index (κ3) is 3.58. The minimum atomic E-state index is -0.528. The van der Waals surface area contributed by atoms with Gasteiger partial charge in [0.05, 0.1) is 13.7 Å². The molecule has 0 N–H and O–H groups in total. The first kappa shape index (κ1) is 18.4. The van der Waals surface area contributed by atoms with Gasteiger partial charge < -0.3 is 18.9 Å². The van der Waals surface area contributed by atoms with Crippen molar-refractivity contribution in [3.63, 3.8) is 0 Å². The summed E-state index contributed by atoms with van der Waals surface area (Å²) in [7, 11) is 3.08. The number of aromatic nitrogens is 2. The number of halogens is 1. The molecule has 1 aromatic heterocycles. The number of ether oxygens (including phenoxy) is 2. The molecule has 0 bridgehead atoms. The molecule has 140 valence electrons. The van der Waals surface area contributed by atoms with Gasteiger partial charge in [0.25, 0.3) is 5.91 Å². The van der Waals surface area contributed by atoms with Crippen LogP contribution in [0.2, 0.25) is 0 Å². The van der Waals surface area contributed by atoms with E-state index in [0.717, 1.165) is 24.5 Å². The fraction of sp³-hybridized carbons (Fsp3) is 0.474. The second-order valence-electron chi connectivity index (χ2n) is 6.49. The molecule has 2 heterocycles. The van der Waals surface area contributed by atoms with E-state index in [1.54, 1.807) is 18.1 Å². The molecule has 3 rings (SSSR count). The minimum absolute atomic E-state index is 0.136. The van der Waals surface area contributed by atoms with Gasteiger partial charge in [-0.15, -0.1) is 0 Å². The Labute approximate surface area is 152 Å². The molecule has 1 aliphatic heterocycles. The van der Waals surface area contributed by atoms with Crippen LogP contribution in [-0.2, 0) is 11.3 Å². The Morgan fingerprint density at radius 3 is 2.88 bits per heavy atom. The van der Waals surface area contributed by atoms with E-state index in [-0.39, 0.29) is 17.6 Å². The van der Waals surface area contributed by atoms with Crippen LogP contribution in [0.15, 0.2) is 24.4 Å². The second-order valence-corrected chi connectivity index (χ2v) is 6.49. The van der Waals surface area contributed by atoms with Crippen molar-refractivity contribution in [1.29, 1.82) is 0 Å². The highest BCUT2D eigenvalue weighted by Gasteiger charge is 2.31. The van der Waals surface area contributed by atoms with Crippen LogP contribution in [0.4, 0.5) is 4.39 Å². The predicted molar refractivity (Wildman–Crippen MR) is 95.1 cm³/mol. The number of nitrogens with zero attached hydrogens (tertiary/aromatic N) is 3. The van der Waals surface area contributed by atoms with Crippen molar-refractivity contribution in [2.75, 3.05) is 33.9 Å². The van der Waals surface area contributed by atoms with Crippen molar-refractivity contribution in [2.24, 2.45) is 0 Å². The standard InChI is InChI=1S/C19H24FN3O3/c1-13-11-21-18(23(13)8-9-25-2)15-6-7-22(12-15)19(24)14-4-5-17(26-3)16(20)10-14/h4-5,10-11,15H,6-9,12H2,1-3H3/t15-/m0/s1. The molecule has 0 saturated carbocycles. The van der Waals surface area contributed by atoms with E-state index < -0.39 is 5.82 Å². The summed E-state index contributed by atoms with van der Waals surface area (Å²) in [6.45, 7) is 4.59. The van der Waals surface area contributed by atoms with Crippen LogP contribution in [0.25, 0.3) is 0 Å². The van der Waals surface area contributed by atoms with Crippen LogP contribution in [0.1, 0.15) is 34.2 Å². The molecule has 26 heavy (non-hydrogen) atoms. The average Bonchev–Trinajstić information content (AvgIpc) is 3.26. The Kier molecular flexibility index (Phi) is 5.56. The Morgan fingerprint density at radius 1 is 1.38 bits per heavy atom. The normalized spacial score (nSPS) is 16.9. The zero-order valence-electron chi connectivity index (χ0n) is 15.4. The van der Waals surface area contributed by atoms with Gasteiger partial charge in [0.15, 0.2) is 11.6 Å². The highest BCUT2D eigenvalue weighted by atomic mass is 19.1. The maximum absolute atomic E-state index is 13.9. The fourth-order valence-electron chi connectivity index (χ4n) is 3.42.